The summed E-state index contributed by atoms with van der Waals surface area (Å²) in [6.07, 6.45) is 2.84. The van der Waals surface area contributed by atoms with Gasteiger partial charge >= 0.3 is 0 Å². The number of carbonyl (C=O) groups excluding carboxylic acids is 2. The van der Waals surface area contributed by atoms with Crippen LogP contribution in [0.3, 0.4) is 0 Å². The Bertz CT molecular complexity index is 919. The zero-order valence-electron chi connectivity index (χ0n) is 14.8. The molecule has 2 aromatic rings. The second kappa shape index (κ2) is 10.7. The number of aryl methyl sites for hydroxylation is 1. The van der Waals surface area contributed by atoms with Crippen LogP contribution in [0.5, 0.6) is 5.75 Å². The van der Waals surface area contributed by atoms with Crippen LogP contribution in [0.4, 0.5) is 0 Å². The van der Waals surface area contributed by atoms with E-state index in [1.54, 1.807) is 48.5 Å². The first-order valence-corrected chi connectivity index (χ1v) is 9.23. The minimum absolute atomic E-state index is 0.0650. The second-order valence-corrected chi connectivity index (χ2v) is 6.80. The highest BCUT2D eigenvalue weighted by atomic mass is 35.5. The molecule has 3 N–H and O–H groups in total. The smallest absolute Gasteiger partial charge is 0.276 e. The number of carbonyl (C=O) groups is 2. The summed E-state index contributed by atoms with van der Waals surface area (Å²) in [5.74, 6) is -0.405. The summed E-state index contributed by atoms with van der Waals surface area (Å²) in [4.78, 5) is 23.6. The number of ether oxygens (including phenoxy) is 1. The minimum Gasteiger partial charge on any atom is -0.483 e. The summed E-state index contributed by atoms with van der Waals surface area (Å²) in [7, 11) is 0. The number of hydrazine groups is 1. The highest BCUT2D eigenvalue weighted by molar-refractivity contribution is 7.80. The van der Waals surface area contributed by atoms with Crippen LogP contribution in [0.1, 0.15) is 11.1 Å². The highest BCUT2D eigenvalue weighted by Gasteiger charge is 2.07. The lowest BCUT2D eigenvalue weighted by Gasteiger charge is -2.11. The molecule has 2 rings (SSSR count). The molecule has 0 heterocycles. The number of hydrogen-bond donors (Lipinski definition) is 3. The molecule has 0 saturated heterocycles. The zero-order chi connectivity index (χ0) is 20.5. The fourth-order valence-corrected chi connectivity index (χ4v) is 2.62. The van der Waals surface area contributed by atoms with Gasteiger partial charge < -0.3 is 4.74 Å². The lowest BCUT2D eigenvalue weighted by molar-refractivity contribution is -0.123. The van der Waals surface area contributed by atoms with E-state index in [1.165, 1.54) is 6.08 Å². The van der Waals surface area contributed by atoms with Crippen molar-refractivity contribution in [2.45, 2.75) is 6.92 Å². The molecule has 0 unspecified atom stereocenters. The average molecular weight is 438 g/mol. The zero-order valence-corrected chi connectivity index (χ0v) is 17.1. The van der Waals surface area contributed by atoms with Gasteiger partial charge in [0, 0.05) is 16.1 Å². The molecular weight excluding hydrogens is 421 g/mol. The van der Waals surface area contributed by atoms with E-state index in [-0.39, 0.29) is 11.7 Å². The lowest BCUT2D eigenvalue weighted by Crippen LogP contribution is -2.49. The summed E-state index contributed by atoms with van der Waals surface area (Å²) in [6.45, 7) is 1.58. The van der Waals surface area contributed by atoms with Crippen molar-refractivity contribution in [1.82, 2.24) is 16.2 Å². The predicted molar refractivity (Wildman–Crippen MR) is 114 cm³/mol. The first-order valence-electron chi connectivity index (χ1n) is 8.06. The number of amides is 2. The van der Waals surface area contributed by atoms with Crippen LogP contribution in [0, 0.1) is 6.92 Å². The van der Waals surface area contributed by atoms with E-state index in [0.717, 1.165) is 5.56 Å². The standard InChI is InChI=1S/C19H17Cl2N3O3S/c1-12-10-14(20)7-8-16(12)27-11-18(26)23-24-19(28)22-17(25)9-6-13-4-2-3-5-15(13)21/h2-10H,11H2,1H3,(H,23,26)(H2,22,24,25,28). The lowest BCUT2D eigenvalue weighted by atomic mass is 10.2. The van der Waals surface area contributed by atoms with Gasteiger partial charge in [-0.3, -0.25) is 25.8 Å². The molecule has 0 aliphatic rings. The number of thiocarbonyl (C=S) groups is 1. The minimum atomic E-state index is -0.474. The van der Waals surface area contributed by atoms with Crippen LogP contribution in [0.25, 0.3) is 6.08 Å². The molecule has 0 spiro atoms. The van der Waals surface area contributed by atoms with E-state index in [9.17, 15) is 9.59 Å². The topological polar surface area (TPSA) is 79.5 Å². The van der Waals surface area contributed by atoms with Gasteiger partial charge in [-0.15, -0.1) is 0 Å². The van der Waals surface area contributed by atoms with Crippen molar-refractivity contribution in [3.8, 4) is 5.75 Å². The maximum Gasteiger partial charge on any atom is 0.276 e. The van der Waals surface area contributed by atoms with Crippen LogP contribution in [0.15, 0.2) is 48.5 Å². The molecule has 6 nitrogen and oxygen atoms in total. The van der Waals surface area contributed by atoms with Gasteiger partial charge in [0.1, 0.15) is 5.75 Å². The molecule has 0 fully saturated rings. The number of rotatable bonds is 5. The van der Waals surface area contributed by atoms with E-state index in [2.05, 4.69) is 16.2 Å². The predicted octanol–water partition coefficient (Wildman–Crippen LogP) is 3.42. The third-order valence-corrected chi connectivity index (χ3v) is 4.15. The highest BCUT2D eigenvalue weighted by Crippen LogP contribution is 2.21. The molecule has 0 radical (unpaired) electrons. The summed E-state index contributed by atoms with van der Waals surface area (Å²) >= 11 is 16.8. The molecule has 0 aliphatic heterocycles. The quantitative estimate of drug-likeness (QED) is 0.379. The van der Waals surface area contributed by atoms with E-state index < -0.39 is 11.8 Å². The number of halogens is 2. The monoisotopic (exact) mass is 437 g/mol. The molecule has 0 aliphatic carbocycles. The van der Waals surface area contributed by atoms with Crippen LogP contribution < -0.4 is 20.9 Å². The number of nitrogens with one attached hydrogen (secondary N) is 3. The van der Waals surface area contributed by atoms with Crippen molar-refractivity contribution in [2.75, 3.05) is 6.61 Å². The van der Waals surface area contributed by atoms with Gasteiger partial charge in [0.2, 0.25) is 5.91 Å². The van der Waals surface area contributed by atoms with Gasteiger partial charge in [0.15, 0.2) is 11.7 Å². The summed E-state index contributed by atoms with van der Waals surface area (Å²) in [5, 5.41) is 3.44. The molecule has 0 bridgehead atoms. The van der Waals surface area contributed by atoms with Gasteiger partial charge in [-0.2, -0.15) is 0 Å². The van der Waals surface area contributed by atoms with Crippen molar-refractivity contribution >= 4 is 58.4 Å². The first kappa shape index (κ1) is 21.7. The Morgan fingerprint density at radius 3 is 2.61 bits per heavy atom. The van der Waals surface area contributed by atoms with E-state index in [4.69, 9.17) is 40.2 Å². The SMILES string of the molecule is Cc1cc(Cl)ccc1OCC(=O)NNC(=S)NC(=O)C=Cc1ccccc1Cl. The summed E-state index contributed by atoms with van der Waals surface area (Å²) < 4.78 is 5.40. The molecule has 0 saturated carbocycles. The Morgan fingerprint density at radius 2 is 1.89 bits per heavy atom. The molecule has 0 atom stereocenters. The van der Waals surface area contributed by atoms with Crippen molar-refractivity contribution in [1.29, 1.82) is 0 Å². The van der Waals surface area contributed by atoms with Crippen molar-refractivity contribution in [2.24, 2.45) is 0 Å². The normalized spacial score (nSPS) is 10.4. The maximum absolute atomic E-state index is 11.8. The molecule has 9 heteroatoms. The molecule has 28 heavy (non-hydrogen) atoms. The Labute approximate surface area is 177 Å². The molecule has 2 aromatic carbocycles. The van der Waals surface area contributed by atoms with Crippen molar-refractivity contribution in [3.63, 3.8) is 0 Å². The Morgan fingerprint density at radius 1 is 1.14 bits per heavy atom. The van der Waals surface area contributed by atoms with Crippen LogP contribution >= 0.6 is 35.4 Å². The maximum atomic E-state index is 11.8. The molecular formula is C19H17Cl2N3O3S. The van der Waals surface area contributed by atoms with E-state index in [0.29, 0.717) is 21.4 Å². The van der Waals surface area contributed by atoms with Crippen LogP contribution in [-0.4, -0.2) is 23.5 Å². The molecule has 0 aromatic heterocycles. The number of benzene rings is 2. The third kappa shape index (κ3) is 7.19. The van der Waals surface area contributed by atoms with Gasteiger partial charge in [0.25, 0.3) is 5.91 Å². The summed E-state index contributed by atoms with van der Waals surface area (Å²) in [6, 6.07) is 12.2. The Kier molecular flexibility index (Phi) is 8.25. The van der Waals surface area contributed by atoms with Crippen molar-refractivity contribution in [3.05, 3.63) is 69.7 Å². The fraction of sp³-hybridized carbons (Fsp3) is 0.105. The van der Waals surface area contributed by atoms with Gasteiger partial charge in [-0.25, -0.2) is 0 Å². The first-order chi connectivity index (χ1) is 13.3. The number of hydrogen-bond acceptors (Lipinski definition) is 4. The Hall–Kier alpha value is -2.61. The average Bonchev–Trinajstić information content (AvgIpc) is 2.65. The molecule has 2 amide bonds. The van der Waals surface area contributed by atoms with Gasteiger partial charge in [-0.05, 0) is 60.6 Å². The fourth-order valence-electron chi connectivity index (χ4n) is 2.04. The second-order valence-electron chi connectivity index (χ2n) is 5.54. The van der Waals surface area contributed by atoms with E-state index >= 15 is 0 Å². The summed E-state index contributed by atoms with van der Waals surface area (Å²) in [5.41, 5.74) is 6.25. The van der Waals surface area contributed by atoms with Crippen LogP contribution in [-0.2, 0) is 9.59 Å². The largest absolute Gasteiger partial charge is 0.483 e. The van der Waals surface area contributed by atoms with Crippen molar-refractivity contribution < 1.29 is 14.3 Å². The van der Waals surface area contributed by atoms with Crippen LogP contribution in [0.2, 0.25) is 10.0 Å². The Balaban J connectivity index is 1.73. The van der Waals surface area contributed by atoms with E-state index in [1.807, 2.05) is 6.92 Å². The molecule has 146 valence electrons. The van der Waals surface area contributed by atoms with Gasteiger partial charge in [0.05, 0.1) is 0 Å². The third-order valence-electron chi connectivity index (χ3n) is 3.37. The van der Waals surface area contributed by atoms with Gasteiger partial charge in [-0.1, -0.05) is 41.4 Å².